The second-order valence-electron chi connectivity index (χ2n) is 10.3. The minimum atomic E-state index is -2.08. The maximum Gasteiger partial charge on any atom is 0.221 e. The lowest BCUT2D eigenvalue weighted by molar-refractivity contribution is -0.114. The van der Waals surface area contributed by atoms with Crippen LogP contribution in [0.15, 0.2) is 125 Å². The van der Waals surface area contributed by atoms with E-state index in [-0.39, 0.29) is 5.91 Å². The molecule has 0 saturated carbocycles. The second-order valence-corrected chi connectivity index (χ2v) is 14.6. The zero-order valence-electron chi connectivity index (χ0n) is 26.6. The number of hydrazone groups is 2. The van der Waals surface area contributed by atoms with Crippen LogP contribution in [0.3, 0.4) is 0 Å². The van der Waals surface area contributed by atoms with Crippen LogP contribution < -0.4 is 42.7 Å². The summed E-state index contributed by atoms with van der Waals surface area (Å²) < 4.78 is 6.43. The van der Waals surface area contributed by atoms with Crippen LogP contribution in [0.5, 0.6) is 0 Å². The highest BCUT2D eigenvalue weighted by molar-refractivity contribution is 7.95. The first-order chi connectivity index (χ1) is 22.8. The molecule has 4 aromatic carbocycles. The van der Waals surface area contributed by atoms with Gasteiger partial charge >= 0.3 is 0 Å². The number of amides is 1. The third-order valence-corrected chi connectivity index (χ3v) is 11.7. The smallest absolute Gasteiger partial charge is 0.221 e. The molecule has 0 saturated heterocycles. The number of hydrogen-bond donors (Lipinski definition) is 5. The van der Waals surface area contributed by atoms with Gasteiger partial charge in [-0.2, -0.15) is 10.2 Å². The van der Waals surface area contributed by atoms with Crippen LogP contribution in [-0.2, 0) is 9.53 Å². The molecule has 5 N–H and O–H groups in total. The van der Waals surface area contributed by atoms with Crippen molar-refractivity contribution < 1.29 is 9.53 Å². The Morgan fingerprint density at radius 3 is 1.72 bits per heavy atom. The molecule has 0 aliphatic carbocycles. The number of carbonyl (C=O) groups excluding carboxylic acids is 1. The van der Waals surface area contributed by atoms with Crippen LogP contribution in [0.2, 0.25) is 0 Å². The second kappa shape index (κ2) is 18.0. The molecule has 12 heteroatoms. The fourth-order valence-corrected chi connectivity index (χ4v) is 8.80. The Bertz CT molecular complexity index is 1590. The van der Waals surface area contributed by atoms with E-state index in [2.05, 4.69) is 110 Å². The van der Waals surface area contributed by atoms with Crippen molar-refractivity contribution in [3.63, 3.8) is 0 Å². The number of rotatable bonds is 13. The van der Waals surface area contributed by atoms with Crippen molar-refractivity contribution >= 4 is 80.9 Å². The SMILES string of the molecule is CNC(=S)N/N=C(/C(C)=N/NC(=S)NCCOC[P+](c1ccccc1)(c1ccccc1)c1ccccc1)c1ccc(NC(C)=O)cc1. The predicted molar refractivity (Wildman–Crippen MR) is 205 cm³/mol. The molecular weight excluding hydrogens is 646 g/mol. The Labute approximate surface area is 287 Å². The van der Waals surface area contributed by atoms with Crippen LogP contribution in [0.1, 0.15) is 19.4 Å². The molecule has 0 heterocycles. The molecule has 0 unspecified atom stereocenters. The maximum atomic E-state index is 11.4. The van der Waals surface area contributed by atoms with Crippen molar-refractivity contribution in [2.45, 2.75) is 13.8 Å². The summed E-state index contributed by atoms with van der Waals surface area (Å²) in [5.74, 6) is -0.148. The predicted octanol–water partition coefficient (Wildman–Crippen LogP) is 4.25. The summed E-state index contributed by atoms with van der Waals surface area (Å²) in [4.78, 5) is 11.4. The highest BCUT2D eigenvalue weighted by Gasteiger charge is 2.45. The molecule has 9 nitrogen and oxygen atoms in total. The van der Waals surface area contributed by atoms with Gasteiger partial charge in [0, 0.05) is 31.8 Å². The van der Waals surface area contributed by atoms with Crippen molar-refractivity contribution in [1.82, 2.24) is 21.5 Å². The van der Waals surface area contributed by atoms with Gasteiger partial charge in [-0.1, -0.05) is 66.7 Å². The zero-order chi connectivity index (χ0) is 33.5. The van der Waals surface area contributed by atoms with Gasteiger partial charge in [0.2, 0.25) is 5.91 Å². The Morgan fingerprint density at radius 1 is 0.723 bits per heavy atom. The number of benzene rings is 4. The Hall–Kier alpha value is -4.54. The first-order valence-corrected chi connectivity index (χ1v) is 17.8. The van der Waals surface area contributed by atoms with E-state index in [4.69, 9.17) is 29.2 Å². The summed E-state index contributed by atoms with van der Waals surface area (Å²) >= 11 is 10.7. The summed E-state index contributed by atoms with van der Waals surface area (Å²) in [6.45, 7) is 4.20. The minimum absolute atomic E-state index is 0.148. The normalized spacial score (nSPS) is 11.7. The highest BCUT2D eigenvalue weighted by Crippen LogP contribution is 2.55. The molecule has 0 aliphatic rings. The molecule has 0 bridgehead atoms. The van der Waals surface area contributed by atoms with Crippen molar-refractivity contribution in [1.29, 1.82) is 0 Å². The molecule has 0 radical (unpaired) electrons. The Balaban J connectivity index is 1.41. The number of nitrogens with one attached hydrogen (secondary N) is 5. The number of anilines is 1. The summed E-state index contributed by atoms with van der Waals surface area (Å²) in [5, 5.41) is 22.2. The van der Waals surface area contributed by atoms with Gasteiger partial charge in [0.25, 0.3) is 0 Å². The van der Waals surface area contributed by atoms with Crippen LogP contribution in [0.25, 0.3) is 0 Å². The summed E-state index contributed by atoms with van der Waals surface area (Å²) in [6.07, 6.45) is 0.548. The van der Waals surface area contributed by atoms with Gasteiger partial charge in [-0.25, -0.2) is 0 Å². The van der Waals surface area contributed by atoms with Gasteiger partial charge in [-0.15, -0.1) is 0 Å². The monoisotopic (exact) mass is 684 g/mol. The summed E-state index contributed by atoms with van der Waals surface area (Å²) in [7, 11) is -0.379. The Kier molecular flexibility index (Phi) is 13.5. The fourth-order valence-electron chi connectivity index (χ4n) is 4.82. The maximum absolute atomic E-state index is 11.4. The lowest BCUT2D eigenvalue weighted by Crippen LogP contribution is -2.37. The van der Waals surface area contributed by atoms with Crippen LogP contribution in [-0.4, -0.2) is 54.1 Å². The lowest BCUT2D eigenvalue weighted by Gasteiger charge is -2.27. The number of nitrogens with zero attached hydrogens (tertiary/aromatic N) is 2. The van der Waals surface area contributed by atoms with E-state index in [1.165, 1.54) is 22.8 Å². The van der Waals surface area contributed by atoms with E-state index < -0.39 is 7.26 Å². The molecule has 0 fully saturated rings. The molecule has 4 aromatic rings. The molecule has 0 spiro atoms. The van der Waals surface area contributed by atoms with Crippen molar-refractivity contribution in [2.24, 2.45) is 10.2 Å². The molecule has 4 rings (SSSR count). The fraction of sp³-hybridized carbons (Fsp3) is 0.171. The van der Waals surface area contributed by atoms with Gasteiger partial charge in [0.15, 0.2) is 16.6 Å². The summed E-state index contributed by atoms with van der Waals surface area (Å²) in [6, 6.07) is 39.1. The average molecular weight is 685 g/mol. The number of thiocarbonyl (C=S) groups is 2. The summed E-state index contributed by atoms with van der Waals surface area (Å²) in [5.41, 5.74) is 8.26. The quantitative estimate of drug-likeness (QED) is 0.0468. The first-order valence-electron chi connectivity index (χ1n) is 15.0. The standard InChI is InChI=1S/C35H38N7O2PS2/c1-26(33(40-41-34(46)36-3)28-19-21-29(22-20-28)38-27(2)43)39-42-35(47)37-23-24-44-25-45(30-13-7-4-8-14-30,31-15-9-5-10-16-31)32-17-11-6-12-18-32/h4-22H,23-25H2,1-3H3,(H4-,36,37,38,39,40,41,42,43,46,47)/p+1. The molecule has 0 aromatic heterocycles. The number of ether oxygens (including phenoxy) is 1. The number of carbonyl (C=O) groups is 1. The lowest BCUT2D eigenvalue weighted by atomic mass is 10.1. The van der Waals surface area contributed by atoms with Gasteiger partial charge in [0.05, 0.1) is 12.3 Å². The van der Waals surface area contributed by atoms with Gasteiger partial charge in [0.1, 0.15) is 28.9 Å². The van der Waals surface area contributed by atoms with Crippen molar-refractivity contribution in [3.8, 4) is 0 Å². The van der Waals surface area contributed by atoms with Crippen molar-refractivity contribution in [2.75, 3.05) is 31.9 Å². The minimum Gasteiger partial charge on any atom is -0.364 e. The zero-order valence-corrected chi connectivity index (χ0v) is 29.1. The van der Waals surface area contributed by atoms with Gasteiger partial charge in [-0.05, 0) is 79.9 Å². The van der Waals surface area contributed by atoms with E-state index in [1.807, 2.05) is 37.3 Å². The van der Waals surface area contributed by atoms with Gasteiger partial charge < -0.3 is 20.7 Å². The van der Waals surface area contributed by atoms with Crippen molar-refractivity contribution in [3.05, 3.63) is 121 Å². The van der Waals surface area contributed by atoms with Crippen LogP contribution in [0.4, 0.5) is 5.69 Å². The number of hydrogen-bond acceptors (Lipinski definition) is 6. The molecule has 242 valence electrons. The topological polar surface area (TPSA) is 111 Å². The van der Waals surface area contributed by atoms with E-state index >= 15 is 0 Å². The van der Waals surface area contributed by atoms with E-state index in [0.717, 1.165) is 5.56 Å². The molecule has 0 atom stereocenters. The third kappa shape index (κ3) is 9.97. The molecule has 47 heavy (non-hydrogen) atoms. The van der Waals surface area contributed by atoms with E-state index in [0.29, 0.717) is 46.8 Å². The van der Waals surface area contributed by atoms with Gasteiger partial charge in [-0.3, -0.25) is 15.6 Å². The third-order valence-electron chi connectivity index (χ3n) is 7.05. The molecular formula is C35H39N7O2PS2+. The van der Waals surface area contributed by atoms with Crippen LogP contribution >= 0.6 is 31.7 Å². The van der Waals surface area contributed by atoms with Crippen LogP contribution in [0, 0.1) is 0 Å². The largest absolute Gasteiger partial charge is 0.364 e. The highest BCUT2D eigenvalue weighted by atomic mass is 32.1. The first kappa shape index (κ1) is 35.3. The van der Waals surface area contributed by atoms with E-state index in [1.54, 1.807) is 19.2 Å². The molecule has 0 aliphatic heterocycles. The molecule has 1 amide bonds. The van der Waals surface area contributed by atoms with E-state index in [9.17, 15) is 4.79 Å². The average Bonchev–Trinajstić information content (AvgIpc) is 3.10. The Morgan fingerprint density at radius 2 is 1.23 bits per heavy atom.